The molecule has 6 heteroatoms. The first-order chi connectivity index (χ1) is 11.1. The third-order valence-corrected chi connectivity index (χ3v) is 2.90. The summed E-state index contributed by atoms with van der Waals surface area (Å²) >= 11 is 0. The molecule has 0 fully saturated rings. The van der Waals surface area contributed by atoms with E-state index in [9.17, 15) is 9.59 Å². The van der Waals surface area contributed by atoms with Gasteiger partial charge in [0.2, 0.25) is 0 Å². The Morgan fingerprint density at radius 2 is 1.96 bits per heavy atom. The van der Waals surface area contributed by atoms with E-state index in [-0.39, 0.29) is 12.5 Å². The molecule has 0 saturated carbocycles. The van der Waals surface area contributed by atoms with Crippen LogP contribution in [0.1, 0.15) is 15.9 Å². The molecule has 0 saturated heterocycles. The number of nitriles is 1. The predicted molar refractivity (Wildman–Crippen MR) is 83.1 cm³/mol. The number of rotatable bonds is 5. The maximum atomic E-state index is 11.8. The highest BCUT2D eigenvalue weighted by Crippen LogP contribution is 2.14. The zero-order valence-electron chi connectivity index (χ0n) is 12.4. The van der Waals surface area contributed by atoms with Crippen LogP contribution in [0, 0.1) is 11.3 Å². The van der Waals surface area contributed by atoms with Crippen molar-refractivity contribution >= 4 is 17.6 Å². The summed E-state index contributed by atoms with van der Waals surface area (Å²) in [5.74, 6) is -0.467. The molecule has 0 aliphatic rings. The second-order valence-electron chi connectivity index (χ2n) is 4.55. The fourth-order valence-electron chi connectivity index (χ4n) is 1.84. The molecular formula is C17H14N2O4. The van der Waals surface area contributed by atoms with E-state index in [1.165, 1.54) is 13.2 Å². The zero-order chi connectivity index (χ0) is 16.7. The lowest BCUT2D eigenvalue weighted by atomic mass is 10.2. The Labute approximate surface area is 133 Å². The predicted octanol–water partition coefficient (Wildman–Crippen LogP) is 2.36. The SMILES string of the molecule is COC(=O)c1cccc(OCC(=O)Nc2cccc(C#N)c2)c1. The lowest BCUT2D eigenvalue weighted by Crippen LogP contribution is -2.20. The van der Waals surface area contributed by atoms with Gasteiger partial charge in [0.1, 0.15) is 5.75 Å². The van der Waals surface area contributed by atoms with E-state index in [1.807, 2.05) is 6.07 Å². The first-order valence-electron chi connectivity index (χ1n) is 6.73. The number of methoxy groups -OCH3 is 1. The molecule has 0 radical (unpaired) electrons. The molecule has 2 aromatic carbocycles. The van der Waals surface area contributed by atoms with Crippen molar-refractivity contribution < 1.29 is 19.1 Å². The Hall–Kier alpha value is -3.33. The van der Waals surface area contributed by atoms with Gasteiger partial charge in [-0.3, -0.25) is 4.79 Å². The fraction of sp³-hybridized carbons (Fsp3) is 0.118. The Kier molecular flexibility index (Phi) is 5.31. The first-order valence-corrected chi connectivity index (χ1v) is 6.73. The van der Waals surface area contributed by atoms with Crippen molar-refractivity contribution in [3.8, 4) is 11.8 Å². The van der Waals surface area contributed by atoms with Crippen LogP contribution in [0.4, 0.5) is 5.69 Å². The van der Waals surface area contributed by atoms with E-state index < -0.39 is 5.97 Å². The Morgan fingerprint density at radius 3 is 2.70 bits per heavy atom. The molecule has 6 nitrogen and oxygen atoms in total. The maximum absolute atomic E-state index is 11.8. The number of esters is 1. The van der Waals surface area contributed by atoms with Crippen molar-refractivity contribution in [3.05, 3.63) is 59.7 Å². The second kappa shape index (κ2) is 7.61. The molecule has 0 heterocycles. The monoisotopic (exact) mass is 310 g/mol. The summed E-state index contributed by atoms with van der Waals surface area (Å²) < 4.78 is 9.96. The third kappa shape index (κ3) is 4.58. The third-order valence-electron chi connectivity index (χ3n) is 2.90. The van der Waals surface area contributed by atoms with E-state index in [0.717, 1.165) is 0 Å². The highest BCUT2D eigenvalue weighted by Gasteiger charge is 2.08. The van der Waals surface area contributed by atoms with Crippen LogP contribution in [-0.4, -0.2) is 25.6 Å². The molecule has 0 spiro atoms. The zero-order valence-corrected chi connectivity index (χ0v) is 12.4. The fourth-order valence-corrected chi connectivity index (χ4v) is 1.84. The number of benzene rings is 2. The average Bonchev–Trinajstić information content (AvgIpc) is 2.59. The normalized spacial score (nSPS) is 9.57. The molecule has 0 aliphatic heterocycles. The number of nitrogens with one attached hydrogen (secondary N) is 1. The number of ether oxygens (including phenoxy) is 2. The van der Waals surface area contributed by atoms with Crippen molar-refractivity contribution in [2.24, 2.45) is 0 Å². The minimum Gasteiger partial charge on any atom is -0.484 e. The van der Waals surface area contributed by atoms with Crippen LogP contribution in [0.25, 0.3) is 0 Å². The number of amides is 1. The van der Waals surface area contributed by atoms with Gasteiger partial charge < -0.3 is 14.8 Å². The molecule has 2 aromatic rings. The summed E-state index contributed by atoms with van der Waals surface area (Å²) in [7, 11) is 1.29. The molecule has 0 unspecified atom stereocenters. The van der Waals surface area contributed by atoms with Crippen LogP contribution in [0.15, 0.2) is 48.5 Å². The molecular weight excluding hydrogens is 296 g/mol. The molecule has 0 atom stereocenters. The highest BCUT2D eigenvalue weighted by atomic mass is 16.5. The number of carbonyl (C=O) groups is 2. The highest BCUT2D eigenvalue weighted by molar-refractivity contribution is 5.92. The summed E-state index contributed by atoms with van der Waals surface area (Å²) in [4.78, 5) is 23.3. The molecule has 0 aliphatic carbocycles. The molecule has 1 N–H and O–H groups in total. The second-order valence-corrected chi connectivity index (χ2v) is 4.55. The van der Waals surface area contributed by atoms with Gasteiger partial charge in [-0.2, -0.15) is 5.26 Å². The van der Waals surface area contributed by atoms with Crippen LogP contribution < -0.4 is 10.1 Å². The van der Waals surface area contributed by atoms with Gasteiger partial charge in [0.05, 0.1) is 24.3 Å². The molecule has 2 rings (SSSR count). The Bertz CT molecular complexity index is 765. The van der Waals surface area contributed by atoms with Gasteiger partial charge in [0.25, 0.3) is 5.91 Å². The standard InChI is InChI=1S/C17H14N2O4/c1-22-17(21)13-5-3-7-15(9-13)23-11-16(20)19-14-6-2-4-12(8-14)10-18/h2-9H,11H2,1H3,(H,19,20). The van der Waals surface area contributed by atoms with E-state index in [0.29, 0.717) is 22.6 Å². The number of hydrogen-bond donors (Lipinski definition) is 1. The van der Waals surface area contributed by atoms with Gasteiger partial charge >= 0.3 is 5.97 Å². The molecule has 0 aromatic heterocycles. The van der Waals surface area contributed by atoms with Crippen LogP contribution in [0.2, 0.25) is 0 Å². The van der Waals surface area contributed by atoms with Crippen LogP contribution in [0.5, 0.6) is 5.75 Å². The van der Waals surface area contributed by atoms with Gasteiger partial charge in [0.15, 0.2) is 6.61 Å². The number of anilines is 1. The summed E-state index contributed by atoms with van der Waals surface area (Å²) in [5, 5.41) is 11.4. The molecule has 23 heavy (non-hydrogen) atoms. The first kappa shape index (κ1) is 16.0. The summed E-state index contributed by atoms with van der Waals surface area (Å²) in [6, 6.07) is 14.9. The molecule has 0 bridgehead atoms. The number of carbonyl (C=O) groups excluding carboxylic acids is 2. The van der Waals surface area contributed by atoms with Crippen LogP contribution in [-0.2, 0) is 9.53 Å². The van der Waals surface area contributed by atoms with Gasteiger partial charge in [-0.15, -0.1) is 0 Å². The van der Waals surface area contributed by atoms with Gasteiger partial charge in [-0.1, -0.05) is 12.1 Å². The van der Waals surface area contributed by atoms with Gasteiger partial charge in [-0.25, -0.2) is 4.79 Å². The number of hydrogen-bond acceptors (Lipinski definition) is 5. The van der Waals surface area contributed by atoms with Crippen LogP contribution in [0.3, 0.4) is 0 Å². The quantitative estimate of drug-likeness (QED) is 0.856. The lowest BCUT2D eigenvalue weighted by Gasteiger charge is -2.08. The van der Waals surface area contributed by atoms with Crippen molar-refractivity contribution in [1.82, 2.24) is 0 Å². The summed E-state index contributed by atoms with van der Waals surface area (Å²) in [6.45, 7) is -0.221. The van der Waals surface area contributed by atoms with Crippen LogP contribution >= 0.6 is 0 Å². The smallest absolute Gasteiger partial charge is 0.337 e. The molecule has 1 amide bonds. The average molecular weight is 310 g/mol. The largest absolute Gasteiger partial charge is 0.484 e. The maximum Gasteiger partial charge on any atom is 0.337 e. The van der Waals surface area contributed by atoms with Gasteiger partial charge in [0, 0.05) is 5.69 Å². The van der Waals surface area contributed by atoms with E-state index >= 15 is 0 Å². The van der Waals surface area contributed by atoms with Crippen molar-refractivity contribution in [1.29, 1.82) is 5.26 Å². The summed E-state index contributed by atoms with van der Waals surface area (Å²) in [5.41, 5.74) is 1.31. The number of nitrogens with zero attached hydrogens (tertiary/aromatic N) is 1. The lowest BCUT2D eigenvalue weighted by molar-refractivity contribution is -0.118. The topological polar surface area (TPSA) is 88.4 Å². The molecule has 116 valence electrons. The minimum atomic E-state index is -0.479. The van der Waals surface area contributed by atoms with Crippen molar-refractivity contribution in [2.45, 2.75) is 0 Å². The van der Waals surface area contributed by atoms with Gasteiger partial charge in [-0.05, 0) is 36.4 Å². The van der Waals surface area contributed by atoms with Crippen molar-refractivity contribution in [3.63, 3.8) is 0 Å². The summed E-state index contributed by atoms with van der Waals surface area (Å²) in [6.07, 6.45) is 0. The minimum absolute atomic E-state index is 0.221. The Morgan fingerprint density at radius 1 is 1.17 bits per heavy atom. The van der Waals surface area contributed by atoms with E-state index in [4.69, 9.17) is 10.00 Å². The van der Waals surface area contributed by atoms with Crippen molar-refractivity contribution in [2.75, 3.05) is 19.0 Å². The van der Waals surface area contributed by atoms with E-state index in [2.05, 4.69) is 10.1 Å². The van der Waals surface area contributed by atoms with E-state index in [1.54, 1.807) is 42.5 Å². The Balaban J connectivity index is 1.94.